The Morgan fingerprint density at radius 1 is 1.35 bits per heavy atom. The summed E-state index contributed by atoms with van der Waals surface area (Å²) in [5, 5.41) is 0. The van der Waals surface area contributed by atoms with Crippen molar-refractivity contribution >= 4 is 5.91 Å². The van der Waals surface area contributed by atoms with Crippen LogP contribution >= 0.6 is 0 Å². The molecule has 2 fully saturated rings. The van der Waals surface area contributed by atoms with E-state index in [2.05, 4.69) is 18.7 Å². The average Bonchev–Trinajstić information content (AvgIpc) is 3.11. The van der Waals surface area contributed by atoms with Crippen LogP contribution in [0, 0.1) is 17.8 Å². The van der Waals surface area contributed by atoms with Gasteiger partial charge in [0, 0.05) is 31.5 Å². The molecule has 1 saturated carbocycles. The molecule has 1 amide bonds. The molecule has 0 aromatic carbocycles. The largest absolute Gasteiger partial charge is 0.381 e. The van der Waals surface area contributed by atoms with Gasteiger partial charge in [-0.15, -0.1) is 0 Å². The molecule has 2 unspecified atom stereocenters. The quantitative estimate of drug-likeness (QED) is 0.741. The monoisotopic (exact) mass is 282 g/mol. The molecule has 1 saturated heterocycles. The molecule has 2 N–H and O–H groups in total. The summed E-state index contributed by atoms with van der Waals surface area (Å²) in [6.45, 7) is 7.58. The summed E-state index contributed by atoms with van der Waals surface area (Å²) < 4.78 is 5.43. The number of rotatable bonds is 8. The molecular weight excluding hydrogens is 252 g/mol. The Balaban J connectivity index is 1.85. The Labute approximate surface area is 123 Å². The Kier molecular flexibility index (Phi) is 5.85. The minimum absolute atomic E-state index is 0.315. The van der Waals surface area contributed by atoms with Crippen molar-refractivity contribution in [2.24, 2.45) is 23.5 Å². The van der Waals surface area contributed by atoms with E-state index in [0.29, 0.717) is 42.7 Å². The second kappa shape index (κ2) is 7.41. The molecule has 2 rings (SSSR count). The van der Waals surface area contributed by atoms with Crippen LogP contribution in [-0.4, -0.2) is 43.2 Å². The normalized spacial score (nSPS) is 24.1. The Bertz CT molecular complexity index is 310. The fourth-order valence-corrected chi connectivity index (χ4v) is 3.14. The molecule has 1 aliphatic carbocycles. The maximum atomic E-state index is 12.6. The highest BCUT2D eigenvalue weighted by Crippen LogP contribution is 2.30. The van der Waals surface area contributed by atoms with Gasteiger partial charge in [0.05, 0.1) is 6.61 Å². The van der Waals surface area contributed by atoms with Crippen LogP contribution in [0.3, 0.4) is 0 Å². The van der Waals surface area contributed by atoms with Gasteiger partial charge in [0.25, 0.3) is 0 Å². The molecule has 1 heterocycles. The van der Waals surface area contributed by atoms with Gasteiger partial charge < -0.3 is 15.4 Å². The Morgan fingerprint density at radius 3 is 2.60 bits per heavy atom. The van der Waals surface area contributed by atoms with E-state index in [-0.39, 0.29) is 0 Å². The van der Waals surface area contributed by atoms with Crippen LogP contribution in [-0.2, 0) is 9.53 Å². The molecule has 0 spiro atoms. The van der Waals surface area contributed by atoms with Gasteiger partial charge in [-0.2, -0.15) is 0 Å². The topological polar surface area (TPSA) is 55.6 Å². The summed E-state index contributed by atoms with van der Waals surface area (Å²) in [6, 6.07) is 0.501. The van der Waals surface area contributed by atoms with Gasteiger partial charge in [-0.3, -0.25) is 4.79 Å². The smallest absolute Gasteiger partial charge is 0.223 e. The van der Waals surface area contributed by atoms with Crippen molar-refractivity contribution in [2.45, 2.75) is 52.0 Å². The Hall–Kier alpha value is -0.610. The molecule has 0 aromatic rings. The fraction of sp³-hybridized carbons (Fsp3) is 0.938. The predicted octanol–water partition coefficient (Wildman–Crippen LogP) is 2.02. The summed E-state index contributed by atoms with van der Waals surface area (Å²) in [4.78, 5) is 14.7. The van der Waals surface area contributed by atoms with Crippen LogP contribution in [0.4, 0.5) is 0 Å². The van der Waals surface area contributed by atoms with Crippen LogP contribution in [0.1, 0.15) is 46.0 Å². The van der Waals surface area contributed by atoms with E-state index >= 15 is 0 Å². The van der Waals surface area contributed by atoms with Gasteiger partial charge >= 0.3 is 0 Å². The first-order chi connectivity index (χ1) is 9.60. The van der Waals surface area contributed by atoms with Crippen molar-refractivity contribution in [3.05, 3.63) is 0 Å². The zero-order valence-corrected chi connectivity index (χ0v) is 13.0. The molecule has 0 aromatic heterocycles. The van der Waals surface area contributed by atoms with Crippen molar-refractivity contribution in [1.29, 1.82) is 0 Å². The van der Waals surface area contributed by atoms with Crippen molar-refractivity contribution < 1.29 is 9.53 Å². The number of hydrogen-bond acceptors (Lipinski definition) is 3. The number of nitrogens with zero attached hydrogens (tertiary/aromatic N) is 1. The van der Waals surface area contributed by atoms with Crippen LogP contribution in [0.25, 0.3) is 0 Å². The van der Waals surface area contributed by atoms with Gasteiger partial charge in [-0.1, -0.05) is 13.8 Å². The second-order valence-electron chi connectivity index (χ2n) is 6.94. The molecule has 20 heavy (non-hydrogen) atoms. The van der Waals surface area contributed by atoms with Gasteiger partial charge in [0.1, 0.15) is 0 Å². The summed E-state index contributed by atoms with van der Waals surface area (Å²) in [7, 11) is 0. The first kappa shape index (κ1) is 15.8. The van der Waals surface area contributed by atoms with Crippen molar-refractivity contribution in [1.82, 2.24) is 4.90 Å². The number of hydrogen-bond donors (Lipinski definition) is 1. The van der Waals surface area contributed by atoms with E-state index < -0.39 is 0 Å². The average molecular weight is 282 g/mol. The third-order valence-electron chi connectivity index (χ3n) is 4.39. The third kappa shape index (κ3) is 4.74. The van der Waals surface area contributed by atoms with Crippen LogP contribution in [0.5, 0.6) is 0 Å². The number of nitrogens with two attached hydrogens (primary N) is 1. The fourth-order valence-electron chi connectivity index (χ4n) is 3.14. The molecule has 1 aliphatic heterocycles. The summed E-state index contributed by atoms with van der Waals surface area (Å²) in [5.74, 6) is 1.80. The number of carbonyl (C=O) groups excluding carboxylic acids is 1. The van der Waals surface area contributed by atoms with E-state index in [4.69, 9.17) is 10.5 Å². The zero-order valence-electron chi connectivity index (χ0n) is 13.0. The van der Waals surface area contributed by atoms with E-state index in [9.17, 15) is 4.79 Å². The summed E-state index contributed by atoms with van der Waals surface area (Å²) in [6.07, 6.45) is 5.13. The summed E-state index contributed by atoms with van der Waals surface area (Å²) in [5.41, 5.74) is 5.83. The maximum absolute atomic E-state index is 12.6. The zero-order chi connectivity index (χ0) is 14.5. The minimum Gasteiger partial charge on any atom is -0.381 e. The Morgan fingerprint density at radius 2 is 2.10 bits per heavy atom. The van der Waals surface area contributed by atoms with Crippen molar-refractivity contribution in [2.75, 3.05) is 26.3 Å². The molecular formula is C16H30N2O2. The lowest BCUT2D eigenvalue weighted by Gasteiger charge is -2.27. The van der Waals surface area contributed by atoms with Gasteiger partial charge in [-0.05, 0) is 44.1 Å². The standard InChI is InChI=1S/C16H30N2O2/c1-12(2)7-14(9-17)8-16(19)18(15-3-4-15)10-13-5-6-20-11-13/h12-15H,3-11,17H2,1-2H3. The van der Waals surface area contributed by atoms with Crippen molar-refractivity contribution in [3.63, 3.8) is 0 Å². The van der Waals surface area contributed by atoms with Crippen molar-refractivity contribution in [3.8, 4) is 0 Å². The second-order valence-corrected chi connectivity index (χ2v) is 6.94. The van der Waals surface area contributed by atoms with Gasteiger partial charge in [0.15, 0.2) is 0 Å². The molecule has 2 aliphatic rings. The van der Waals surface area contributed by atoms with Crippen LogP contribution in [0.2, 0.25) is 0 Å². The molecule has 4 nitrogen and oxygen atoms in total. The molecule has 2 atom stereocenters. The predicted molar refractivity (Wildman–Crippen MR) is 80.3 cm³/mol. The lowest BCUT2D eigenvalue weighted by atomic mass is 9.93. The molecule has 116 valence electrons. The van der Waals surface area contributed by atoms with Crippen LogP contribution in [0.15, 0.2) is 0 Å². The van der Waals surface area contributed by atoms with E-state index in [1.165, 1.54) is 12.8 Å². The lowest BCUT2D eigenvalue weighted by Crippen LogP contribution is -2.39. The number of amides is 1. The highest BCUT2D eigenvalue weighted by atomic mass is 16.5. The SMILES string of the molecule is CC(C)CC(CN)CC(=O)N(CC1CCOC1)C1CC1. The maximum Gasteiger partial charge on any atom is 0.223 e. The molecule has 0 radical (unpaired) electrons. The minimum atomic E-state index is 0.315. The van der Waals surface area contributed by atoms with E-state index in [1.807, 2.05) is 0 Å². The first-order valence-electron chi connectivity index (χ1n) is 8.17. The van der Waals surface area contributed by atoms with Gasteiger partial charge in [0.2, 0.25) is 5.91 Å². The highest BCUT2D eigenvalue weighted by molar-refractivity contribution is 5.77. The van der Waals surface area contributed by atoms with Crippen LogP contribution < -0.4 is 5.73 Å². The van der Waals surface area contributed by atoms with E-state index in [1.54, 1.807) is 0 Å². The first-order valence-corrected chi connectivity index (χ1v) is 8.17. The van der Waals surface area contributed by atoms with E-state index in [0.717, 1.165) is 32.6 Å². The number of ether oxygens (including phenoxy) is 1. The lowest BCUT2D eigenvalue weighted by molar-refractivity contribution is -0.133. The van der Waals surface area contributed by atoms with Gasteiger partial charge in [-0.25, -0.2) is 0 Å². The molecule has 4 heteroatoms. The number of carbonyl (C=O) groups is 1. The highest BCUT2D eigenvalue weighted by Gasteiger charge is 2.35. The molecule has 0 bridgehead atoms. The third-order valence-corrected chi connectivity index (χ3v) is 4.39. The summed E-state index contributed by atoms with van der Waals surface area (Å²) >= 11 is 0.